The molecule has 0 spiro atoms. The maximum atomic E-state index is 13.1. The third-order valence-corrected chi connectivity index (χ3v) is 4.79. The van der Waals surface area contributed by atoms with Crippen LogP contribution in [0, 0.1) is 6.92 Å². The molecule has 7 heteroatoms. The largest absolute Gasteiger partial charge is 0.339 e. The minimum atomic E-state index is -0.0271. The molecule has 0 aromatic carbocycles. The molecule has 0 unspecified atom stereocenters. The van der Waals surface area contributed by atoms with Crippen LogP contribution in [0.5, 0.6) is 0 Å². The molecule has 0 radical (unpaired) electrons. The molecule has 7 nitrogen and oxygen atoms in total. The van der Waals surface area contributed by atoms with E-state index in [4.69, 9.17) is 4.52 Å². The molecule has 3 aromatic rings. The van der Waals surface area contributed by atoms with E-state index in [0.717, 1.165) is 37.1 Å². The molecule has 1 atom stereocenters. The molecule has 4 heterocycles. The van der Waals surface area contributed by atoms with Crippen LogP contribution in [-0.2, 0) is 6.42 Å². The molecule has 1 fully saturated rings. The third kappa shape index (κ3) is 2.79. The lowest BCUT2D eigenvalue weighted by Crippen LogP contribution is -2.39. The molecule has 3 aromatic heterocycles. The summed E-state index contributed by atoms with van der Waals surface area (Å²) in [5, 5.41) is 4.09. The average molecular weight is 339 g/mol. The van der Waals surface area contributed by atoms with Gasteiger partial charge in [-0.05, 0) is 31.9 Å². The van der Waals surface area contributed by atoms with Crippen molar-refractivity contribution in [1.82, 2.24) is 24.4 Å². The van der Waals surface area contributed by atoms with Crippen LogP contribution in [0.3, 0.4) is 0 Å². The number of rotatable bonds is 3. The summed E-state index contributed by atoms with van der Waals surface area (Å²) in [6, 6.07) is 5.80. The fourth-order valence-corrected chi connectivity index (χ4v) is 3.45. The molecule has 0 aliphatic carbocycles. The number of aromatic nitrogens is 4. The first-order valence-corrected chi connectivity index (χ1v) is 8.72. The summed E-state index contributed by atoms with van der Waals surface area (Å²) in [6.07, 6.45) is 4.55. The molecule has 1 aliphatic heterocycles. The molecule has 0 saturated carbocycles. The standard InChI is InChI=1S/C18H21N5O2/c1-3-15-20-17(21-25-15)13-7-6-9-22(11-13)18(24)16-14-8-4-5-10-23(14)12(2)19-16/h4-5,8,10,13H,3,6-7,9,11H2,1-2H3/t13-/m0/s1. The van der Waals surface area contributed by atoms with Crippen LogP contribution in [0.2, 0.25) is 0 Å². The Balaban J connectivity index is 1.59. The van der Waals surface area contributed by atoms with E-state index < -0.39 is 0 Å². The van der Waals surface area contributed by atoms with Crippen molar-refractivity contribution in [2.45, 2.75) is 39.0 Å². The maximum absolute atomic E-state index is 13.1. The van der Waals surface area contributed by atoms with Crippen molar-refractivity contribution in [3.8, 4) is 0 Å². The molecule has 1 amide bonds. The number of likely N-dealkylation sites (tertiary alicyclic amines) is 1. The zero-order chi connectivity index (χ0) is 17.4. The van der Waals surface area contributed by atoms with Gasteiger partial charge in [-0.15, -0.1) is 0 Å². The molecule has 4 rings (SSSR count). The number of hydrogen-bond acceptors (Lipinski definition) is 5. The molecular weight excluding hydrogens is 318 g/mol. The Morgan fingerprint density at radius 3 is 3.04 bits per heavy atom. The van der Waals surface area contributed by atoms with Gasteiger partial charge in [-0.25, -0.2) is 4.98 Å². The lowest BCUT2D eigenvalue weighted by molar-refractivity contribution is 0.0700. The Labute approximate surface area is 145 Å². The number of nitrogens with zero attached hydrogens (tertiary/aromatic N) is 5. The summed E-state index contributed by atoms with van der Waals surface area (Å²) in [6.45, 7) is 5.24. The van der Waals surface area contributed by atoms with E-state index in [0.29, 0.717) is 24.0 Å². The molecular formula is C18H21N5O2. The Hall–Kier alpha value is -2.70. The van der Waals surface area contributed by atoms with E-state index >= 15 is 0 Å². The Kier molecular flexibility index (Phi) is 3.99. The van der Waals surface area contributed by atoms with Crippen LogP contribution in [0.15, 0.2) is 28.9 Å². The van der Waals surface area contributed by atoms with Crippen LogP contribution in [0.25, 0.3) is 5.52 Å². The summed E-state index contributed by atoms with van der Waals surface area (Å²) >= 11 is 0. The number of piperidine rings is 1. The number of amides is 1. The van der Waals surface area contributed by atoms with Gasteiger partial charge in [0.2, 0.25) is 5.89 Å². The minimum absolute atomic E-state index is 0.0271. The smallest absolute Gasteiger partial charge is 0.274 e. The molecule has 0 bridgehead atoms. The second-order valence-electron chi connectivity index (χ2n) is 6.45. The number of imidazole rings is 1. The van der Waals surface area contributed by atoms with Crippen molar-refractivity contribution in [3.05, 3.63) is 47.6 Å². The predicted molar refractivity (Wildman–Crippen MR) is 91.5 cm³/mol. The zero-order valence-electron chi connectivity index (χ0n) is 14.5. The lowest BCUT2D eigenvalue weighted by Gasteiger charge is -2.30. The van der Waals surface area contributed by atoms with E-state index in [-0.39, 0.29) is 11.8 Å². The van der Waals surface area contributed by atoms with Crippen molar-refractivity contribution < 1.29 is 9.32 Å². The summed E-state index contributed by atoms with van der Waals surface area (Å²) < 4.78 is 7.17. The van der Waals surface area contributed by atoms with Crippen LogP contribution >= 0.6 is 0 Å². The van der Waals surface area contributed by atoms with Gasteiger partial charge >= 0.3 is 0 Å². The van der Waals surface area contributed by atoms with E-state index in [9.17, 15) is 4.79 Å². The zero-order valence-corrected chi connectivity index (χ0v) is 14.5. The number of carbonyl (C=O) groups excluding carboxylic acids is 1. The monoisotopic (exact) mass is 339 g/mol. The summed E-state index contributed by atoms with van der Waals surface area (Å²) in [4.78, 5) is 23.9. The molecule has 25 heavy (non-hydrogen) atoms. The fraction of sp³-hybridized carbons (Fsp3) is 0.444. The van der Waals surface area contributed by atoms with Gasteiger partial charge in [-0.2, -0.15) is 4.98 Å². The van der Waals surface area contributed by atoms with Gasteiger partial charge < -0.3 is 13.8 Å². The highest BCUT2D eigenvalue weighted by Gasteiger charge is 2.30. The first kappa shape index (κ1) is 15.8. The number of pyridine rings is 1. The first-order valence-electron chi connectivity index (χ1n) is 8.72. The van der Waals surface area contributed by atoms with Crippen LogP contribution in [-0.4, -0.2) is 43.4 Å². The van der Waals surface area contributed by atoms with Crippen molar-refractivity contribution >= 4 is 11.4 Å². The normalized spacial score (nSPS) is 18.0. The van der Waals surface area contributed by atoms with Gasteiger partial charge in [0, 0.05) is 31.6 Å². The maximum Gasteiger partial charge on any atom is 0.274 e. The average Bonchev–Trinajstić information content (AvgIpc) is 3.27. The van der Waals surface area contributed by atoms with Crippen LogP contribution in [0.4, 0.5) is 0 Å². The minimum Gasteiger partial charge on any atom is -0.339 e. The van der Waals surface area contributed by atoms with E-state index in [1.165, 1.54) is 0 Å². The number of fused-ring (bicyclic) bond motifs is 1. The van der Waals surface area contributed by atoms with E-state index in [1.807, 2.05) is 47.5 Å². The molecule has 130 valence electrons. The summed E-state index contributed by atoms with van der Waals surface area (Å²) in [5.74, 6) is 2.27. The van der Waals surface area contributed by atoms with Gasteiger partial charge in [-0.1, -0.05) is 18.1 Å². The molecule has 0 N–H and O–H groups in total. The third-order valence-electron chi connectivity index (χ3n) is 4.79. The number of aryl methyl sites for hydroxylation is 2. The Morgan fingerprint density at radius 2 is 2.24 bits per heavy atom. The fourth-order valence-electron chi connectivity index (χ4n) is 3.45. The van der Waals surface area contributed by atoms with Gasteiger partial charge in [0.25, 0.3) is 5.91 Å². The van der Waals surface area contributed by atoms with Crippen molar-refractivity contribution in [2.75, 3.05) is 13.1 Å². The van der Waals surface area contributed by atoms with E-state index in [1.54, 1.807) is 0 Å². The Morgan fingerprint density at radius 1 is 1.36 bits per heavy atom. The topological polar surface area (TPSA) is 76.5 Å². The highest BCUT2D eigenvalue weighted by Crippen LogP contribution is 2.26. The van der Waals surface area contributed by atoms with Crippen molar-refractivity contribution in [1.29, 1.82) is 0 Å². The molecule has 1 aliphatic rings. The highest BCUT2D eigenvalue weighted by molar-refractivity contribution is 5.99. The first-order chi connectivity index (χ1) is 12.2. The van der Waals surface area contributed by atoms with Gasteiger partial charge in [0.05, 0.1) is 5.52 Å². The van der Waals surface area contributed by atoms with Gasteiger partial charge in [0.15, 0.2) is 11.5 Å². The van der Waals surface area contributed by atoms with Crippen LogP contribution in [0.1, 0.15) is 53.7 Å². The quantitative estimate of drug-likeness (QED) is 0.733. The lowest BCUT2D eigenvalue weighted by atomic mass is 9.97. The van der Waals surface area contributed by atoms with Crippen LogP contribution < -0.4 is 0 Å². The molecule has 1 saturated heterocycles. The van der Waals surface area contributed by atoms with Gasteiger partial charge in [-0.3, -0.25) is 4.79 Å². The second kappa shape index (κ2) is 6.31. The van der Waals surface area contributed by atoms with E-state index in [2.05, 4.69) is 15.1 Å². The highest BCUT2D eigenvalue weighted by atomic mass is 16.5. The SMILES string of the molecule is CCc1nc([C@H]2CCCN(C(=O)c3nc(C)n4ccccc34)C2)no1. The predicted octanol–water partition coefficient (Wildman–Crippen LogP) is 2.61. The number of hydrogen-bond donors (Lipinski definition) is 0. The van der Waals surface area contributed by atoms with Crippen molar-refractivity contribution in [2.24, 2.45) is 0 Å². The summed E-state index contributed by atoms with van der Waals surface area (Å²) in [7, 11) is 0. The second-order valence-corrected chi connectivity index (χ2v) is 6.45. The van der Waals surface area contributed by atoms with Crippen molar-refractivity contribution in [3.63, 3.8) is 0 Å². The Bertz CT molecular complexity index is 913. The summed E-state index contributed by atoms with van der Waals surface area (Å²) in [5.41, 5.74) is 1.36. The number of carbonyl (C=O) groups is 1. The van der Waals surface area contributed by atoms with Gasteiger partial charge in [0.1, 0.15) is 5.82 Å².